The molecule has 1 aromatic carbocycles. The van der Waals surface area contributed by atoms with Crippen LogP contribution in [0.5, 0.6) is 0 Å². The number of anilines is 1. The van der Waals surface area contributed by atoms with Gasteiger partial charge in [-0.25, -0.2) is 4.68 Å². The highest BCUT2D eigenvalue weighted by Gasteiger charge is 2.10. The van der Waals surface area contributed by atoms with Crippen LogP contribution >= 0.6 is 0 Å². The van der Waals surface area contributed by atoms with Gasteiger partial charge in [0, 0.05) is 19.5 Å². The molecule has 1 amide bonds. The fourth-order valence-electron chi connectivity index (χ4n) is 1.75. The minimum atomic E-state index is -0.133. The van der Waals surface area contributed by atoms with Gasteiger partial charge in [0.1, 0.15) is 6.33 Å². The fraction of sp³-hybridized carbons (Fsp3) is 0.308. The summed E-state index contributed by atoms with van der Waals surface area (Å²) in [5.74, 6) is 0.334. The van der Waals surface area contributed by atoms with Crippen molar-refractivity contribution in [2.75, 3.05) is 5.32 Å². The second-order valence-electron chi connectivity index (χ2n) is 4.31. The highest BCUT2D eigenvalue weighted by atomic mass is 16.1. The molecular formula is C13H17N5O. The van der Waals surface area contributed by atoms with Gasteiger partial charge in [0.05, 0.1) is 0 Å². The lowest BCUT2D eigenvalue weighted by molar-refractivity contribution is -0.116. The molecular weight excluding hydrogens is 242 g/mol. The van der Waals surface area contributed by atoms with Crippen LogP contribution in [0.4, 0.5) is 5.95 Å². The molecule has 1 unspecified atom stereocenters. The maximum absolute atomic E-state index is 11.8. The third-order valence-electron chi connectivity index (χ3n) is 2.87. The van der Waals surface area contributed by atoms with Gasteiger partial charge in [0.2, 0.25) is 11.9 Å². The van der Waals surface area contributed by atoms with E-state index in [0.29, 0.717) is 18.8 Å². The highest BCUT2D eigenvalue weighted by molar-refractivity contribution is 5.88. The lowest BCUT2D eigenvalue weighted by atomic mass is 10.0. The van der Waals surface area contributed by atoms with Crippen LogP contribution in [0, 0.1) is 0 Å². The molecule has 2 aromatic rings. The average molecular weight is 259 g/mol. The summed E-state index contributed by atoms with van der Waals surface area (Å²) in [6.07, 6.45) is 2.34. The predicted octanol–water partition coefficient (Wildman–Crippen LogP) is 1.23. The van der Waals surface area contributed by atoms with E-state index in [0.717, 1.165) is 5.56 Å². The molecule has 0 aliphatic carbocycles. The van der Waals surface area contributed by atoms with E-state index in [1.807, 2.05) is 30.3 Å². The van der Waals surface area contributed by atoms with Gasteiger partial charge in [0.25, 0.3) is 0 Å². The van der Waals surface area contributed by atoms with Crippen LogP contribution in [0.2, 0.25) is 0 Å². The number of nitrogens with zero attached hydrogens (tertiary/aromatic N) is 3. The van der Waals surface area contributed by atoms with Crippen LogP contribution in [0.3, 0.4) is 0 Å². The van der Waals surface area contributed by atoms with Crippen molar-refractivity contribution >= 4 is 11.9 Å². The molecule has 0 fully saturated rings. The maximum Gasteiger partial charge on any atom is 0.227 e. The van der Waals surface area contributed by atoms with Gasteiger partial charge < -0.3 is 5.73 Å². The number of nitrogens with two attached hydrogens (primary N) is 1. The first-order valence-corrected chi connectivity index (χ1v) is 6.11. The van der Waals surface area contributed by atoms with Crippen LogP contribution in [0.25, 0.3) is 0 Å². The largest absolute Gasteiger partial charge is 0.324 e. The third-order valence-corrected chi connectivity index (χ3v) is 2.87. The summed E-state index contributed by atoms with van der Waals surface area (Å²) in [6.45, 7) is 0. The predicted molar refractivity (Wildman–Crippen MR) is 72.2 cm³/mol. The first kappa shape index (κ1) is 13.2. The van der Waals surface area contributed by atoms with Crippen molar-refractivity contribution in [2.24, 2.45) is 12.8 Å². The molecule has 1 aromatic heterocycles. The van der Waals surface area contributed by atoms with Crippen molar-refractivity contribution in [3.63, 3.8) is 0 Å². The molecule has 19 heavy (non-hydrogen) atoms. The van der Waals surface area contributed by atoms with Crippen molar-refractivity contribution in [3.05, 3.63) is 42.2 Å². The van der Waals surface area contributed by atoms with E-state index in [9.17, 15) is 4.79 Å². The smallest absolute Gasteiger partial charge is 0.227 e. The number of carbonyl (C=O) groups excluding carboxylic acids is 1. The molecule has 3 N–H and O–H groups in total. The molecule has 0 aliphatic rings. The van der Waals surface area contributed by atoms with Gasteiger partial charge in [0.15, 0.2) is 0 Å². The lowest BCUT2D eigenvalue weighted by Gasteiger charge is -2.11. The van der Waals surface area contributed by atoms with Crippen LogP contribution in [0.1, 0.15) is 24.4 Å². The number of aromatic nitrogens is 3. The first-order chi connectivity index (χ1) is 9.16. The van der Waals surface area contributed by atoms with Crippen molar-refractivity contribution in [1.82, 2.24) is 14.8 Å². The summed E-state index contributed by atoms with van der Waals surface area (Å²) in [4.78, 5) is 15.7. The summed E-state index contributed by atoms with van der Waals surface area (Å²) in [5, 5.41) is 6.57. The molecule has 0 spiro atoms. The first-order valence-electron chi connectivity index (χ1n) is 6.11. The number of benzene rings is 1. The van der Waals surface area contributed by atoms with Crippen LogP contribution in [0.15, 0.2) is 36.7 Å². The molecule has 1 heterocycles. The summed E-state index contributed by atoms with van der Waals surface area (Å²) in [5.41, 5.74) is 7.07. The Hall–Kier alpha value is -2.21. The molecule has 2 rings (SSSR count). The Morgan fingerprint density at radius 3 is 2.79 bits per heavy atom. The van der Waals surface area contributed by atoms with Crippen molar-refractivity contribution < 1.29 is 4.79 Å². The van der Waals surface area contributed by atoms with Gasteiger partial charge in [-0.1, -0.05) is 30.3 Å². The van der Waals surface area contributed by atoms with Crippen molar-refractivity contribution in [3.8, 4) is 0 Å². The van der Waals surface area contributed by atoms with Gasteiger partial charge in [-0.2, -0.15) is 10.1 Å². The molecule has 0 radical (unpaired) electrons. The van der Waals surface area contributed by atoms with Crippen LogP contribution in [-0.2, 0) is 11.8 Å². The minimum Gasteiger partial charge on any atom is -0.324 e. The highest BCUT2D eigenvalue weighted by Crippen LogP contribution is 2.15. The number of rotatable bonds is 5. The Morgan fingerprint density at radius 1 is 1.42 bits per heavy atom. The molecule has 6 heteroatoms. The Morgan fingerprint density at radius 2 is 2.16 bits per heavy atom. The summed E-state index contributed by atoms with van der Waals surface area (Å²) < 4.78 is 1.51. The summed E-state index contributed by atoms with van der Waals surface area (Å²) >= 11 is 0. The molecule has 0 aliphatic heterocycles. The van der Waals surface area contributed by atoms with Gasteiger partial charge >= 0.3 is 0 Å². The summed E-state index contributed by atoms with van der Waals surface area (Å²) in [7, 11) is 1.72. The van der Waals surface area contributed by atoms with E-state index >= 15 is 0 Å². The van der Waals surface area contributed by atoms with E-state index < -0.39 is 0 Å². The second kappa shape index (κ2) is 6.10. The normalized spacial score (nSPS) is 12.1. The van der Waals surface area contributed by atoms with E-state index in [2.05, 4.69) is 15.4 Å². The molecule has 0 saturated heterocycles. The molecule has 100 valence electrons. The topological polar surface area (TPSA) is 85.8 Å². The number of nitrogens with one attached hydrogen (secondary N) is 1. The van der Waals surface area contributed by atoms with E-state index in [1.54, 1.807) is 7.05 Å². The van der Waals surface area contributed by atoms with Crippen molar-refractivity contribution in [1.29, 1.82) is 0 Å². The number of hydrogen-bond donors (Lipinski definition) is 2. The Balaban J connectivity index is 1.82. The monoisotopic (exact) mass is 259 g/mol. The SMILES string of the molecule is Cn1ncnc1NC(=O)CCC(N)c1ccccc1. The number of carbonyl (C=O) groups is 1. The van der Waals surface area contributed by atoms with Crippen LogP contribution < -0.4 is 11.1 Å². The number of hydrogen-bond acceptors (Lipinski definition) is 4. The Kier molecular flexibility index (Phi) is 4.25. The van der Waals surface area contributed by atoms with E-state index in [1.165, 1.54) is 11.0 Å². The van der Waals surface area contributed by atoms with Gasteiger partial charge in [-0.3, -0.25) is 10.1 Å². The Bertz CT molecular complexity index is 537. The lowest BCUT2D eigenvalue weighted by Crippen LogP contribution is -2.18. The zero-order chi connectivity index (χ0) is 13.7. The zero-order valence-electron chi connectivity index (χ0n) is 10.8. The summed E-state index contributed by atoms with van der Waals surface area (Å²) in [6, 6.07) is 9.61. The Labute approximate surface area is 111 Å². The third kappa shape index (κ3) is 3.62. The van der Waals surface area contributed by atoms with E-state index in [4.69, 9.17) is 5.73 Å². The fourth-order valence-corrected chi connectivity index (χ4v) is 1.75. The van der Waals surface area contributed by atoms with E-state index in [-0.39, 0.29) is 11.9 Å². The standard InChI is InChI=1S/C13H17N5O/c1-18-13(15-9-16-18)17-12(19)8-7-11(14)10-5-3-2-4-6-10/h2-6,9,11H,7-8,14H2,1H3,(H,15,16,17,19). The molecule has 1 atom stereocenters. The number of amides is 1. The molecule has 6 nitrogen and oxygen atoms in total. The maximum atomic E-state index is 11.8. The average Bonchev–Trinajstić information content (AvgIpc) is 2.82. The quantitative estimate of drug-likeness (QED) is 0.845. The molecule has 0 bridgehead atoms. The zero-order valence-corrected chi connectivity index (χ0v) is 10.8. The van der Waals surface area contributed by atoms with Crippen LogP contribution in [-0.4, -0.2) is 20.7 Å². The second-order valence-corrected chi connectivity index (χ2v) is 4.31. The molecule has 0 saturated carbocycles. The van der Waals surface area contributed by atoms with Crippen molar-refractivity contribution in [2.45, 2.75) is 18.9 Å². The van der Waals surface area contributed by atoms with Gasteiger partial charge in [-0.05, 0) is 12.0 Å². The minimum absolute atomic E-state index is 0.109. The number of aryl methyl sites for hydroxylation is 1. The van der Waals surface area contributed by atoms with Gasteiger partial charge in [-0.15, -0.1) is 0 Å².